The molecule has 1 amide bonds. The summed E-state index contributed by atoms with van der Waals surface area (Å²) in [5.74, 6) is 0.445. The minimum Gasteiger partial charge on any atom is -0.307 e. The van der Waals surface area contributed by atoms with Gasteiger partial charge in [-0.05, 0) is 70.6 Å². The zero-order valence-corrected chi connectivity index (χ0v) is 11.9. The number of anilines is 1. The summed E-state index contributed by atoms with van der Waals surface area (Å²) in [4.78, 5) is 16.4. The van der Waals surface area contributed by atoms with Crippen molar-refractivity contribution in [3.63, 3.8) is 0 Å². The van der Waals surface area contributed by atoms with E-state index in [1.807, 2.05) is 24.3 Å². The lowest BCUT2D eigenvalue weighted by Gasteiger charge is -2.06. The second-order valence-corrected chi connectivity index (χ2v) is 5.45. The van der Waals surface area contributed by atoms with Crippen LogP contribution in [0.5, 0.6) is 0 Å². The normalized spacial score (nSPS) is 13.1. The lowest BCUT2D eigenvalue weighted by atomic mass is 10.1. The van der Waals surface area contributed by atoms with Crippen molar-refractivity contribution in [2.45, 2.75) is 19.3 Å². The zero-order valence-electron chi connectivity index (χ0n) is 10.3. The Bertz CT molecular complexity index is 640. The first-order chi connectivity index (χ1) is 9.22. The van der Waals surface area contributed by atoms with Crippen LogP contribution in [0.25, 0.3) is 0 Å². The van der Waals surface area contributed by atoms with Crippen molar-refractivity contribution in [3.05, 3.63) is 57.7 Å². The molecule has 0 atom stereocenters. The standard InChI is InChI=1S/C15H13BrN2O/c16-13-5-2-6-14(17-13)18-15(19)12-8-7-10-3-1-4-11(10)9-12/h2,5-9H,1,3-4H2,(H,17,18,19). The Morgan fingerprint density at radius 1 is 1.16 bits per heavy atom. The molecule has 1 aromatic carbocycles. The average Bonchev–Trinajstić information content (AvgIpc) is 2.85. The molecule has 0 fully saturated rings. The van der Waals surface area contributed by atoms with Gasteiger partial charge >= 0.3 is 0 Å². The molecular weight excluding hydrogens is 304 g/mol. The Morgan fingerprint density at radius 2 is 2.00 bits per heavy atom. The molecule has 3 rings (SSSR count). The number of aromatic nitrogens is 1. The summed E-state index contributed by atoms with van der Waals surface area (Å²) in [5.41, 5.74) is 3.37. The number of carbonyl (C=O) groups is 1. The summed E-state index contributed by atoms with van der Waals surface area (Å²) < 4.78 is 0.708. The van der Waals surface area contributed by atoms with E-state index in [2.05, 4.69) is 32.3 Å². The number of benzene rings is 1. The highest BCUT2D eigenvalue weighted by Crippen LogP contribution is 2.23. The number of fused-ring (bicyclic) bond motifs is 1. The van der Waals surface area contributed by atoms with Gasteiger partial charge in [0, 0.05) is 5.56 Å². The third kappa shape index (κ3) is 2.68. The minimum atomic E-state index is -0.111. The highest BCUT2D eigenvalue weighted by Gasteiger charge is 2.14. The quantitative estimate of drug-likeness (QED) is 0.860. The molecule has 19 heavy (non-hydrogen) atoms. The molecule has 0 spiro atoms. The number of carbonyl (C=O) groups excluding carboxylic acids is 1. The first-order valence-electron chi connectivity index (χ1n) is 6.28. The SMILES string of the molecule is O=C(Nc1cccc(Br)n1)c1ccc2c(c1)CCC2. The third-order valence-electron chi connectivity index (χ3n) is 3.32. The Hall–Kier alpha value is -1.68. The summed E-state index contributed by atoms with van der Waals surface area (Å²) >= 11 is 3.29. The molecule has 1 aliphatic rings. The Kier molecular flexibility index (Phi) is 3.34. The highest BCUT2D eigenvalue weighted by atomic mass is 79.9. The summed E-state index contributed by atoms with van der Waals surface area (Å²) in [6, 6.07) is 11.4. The summed E-state index contributed by atoms with van der Waals surface area (Å²) in [5, 5.41) is 2.81. The van der Waals surface area contributed by atoms with E-state index in [1.165, 1.54) is 17.5 Å². The monoisotopic (exact) mass is 316 g/mol. The average molecular weight is 317 g/mol. The summed E-state index contributed by atoms with van der Waals surface area (Å²) in [6.45, 7) is 0. The first-order valence-corrected chi connectivity index (χ1v) is 7.07. The molecule has 0 saturated carbocycles. The smallest absolute Gasteiger partial charge is 0.256 e. The molecule has 0 bridgehead atoms. The largest absolute Gasteiger partial charge is 0.307 e. The van der Waals surface area contributed by atoms with Gasteiger partial charge in [-0.1, -0.05) is 12.1 Å². The van der Waals surface area contributed by atoms with E-state index in [-0.39, 0.29) is 5.91 Å². The van der Waals surface area contributed by atoms with Crippen LogP contribution in [0.4, 0.5) is 5.82 Å². The van der Waals surface area contributed by atoms with Crippen LogP contribution in [0.2, 0.25) is 0 Å². The van der Waals surface area contributed by atoms with Crippen molar-refractivity contribution in [2.24, 2.45) is 0 Å². The van der Waals surface area contributed by atoms with Gasteiger partial charge in [0.05, 0.1) is 0 Å². The Labute approximate surface area is 120 Å². The van der Waals surface area contributed by atoms with E-state index in [1.54, 1.807) is 6.07 Å². The van der Waals surface area contributed by atoms with Gasteiger partial charge in [-0.25, -0.2) is 4.98 Å². The molecular formula is C15H13BrN2O. The third-order valence-corrected chi connectivity index (χ3v) is 3.76. The van der Waals surface area contributed by atoms with Gasteiger partial charge in [0.1, 0.15) is 10.4 Å². The number of amides is 1. The van der Waals surface area contributed by atoms with Crippen LogP contribution in [-0.2, 0) is 12.8 Å². The van der Waals surface area contributed by atoms with E-state index < -0.39 is 0 Å². The van der Waals surface area contributed by atoms with E-state index in [0.29, 0.717) is 16.0 Å². The summed E-state index contributed by atoms with van der Waals surface area (Å²) in [7, 11) is 0. The van der Waals surface area contributed by atoms with Crippen LogP contribution in [0.1, 0.15) is 27.9 Å². The number of nitrogens with zero attached hydrogens (tertiary/aromatic N) is 1. The maximum Gasteiger partial charge on any atom is 0.256 e. The number of halogens is 1. The lowest BCUT2D eigenvalue weighted by Crippen LogP contribution is -2.13. The number of nitrogens with one attached hydrogen (secondary N) is 1. The molecule has 1 aliphatic carbocycles. The first kappa shape index (κ1) is 12.4. The molecule has 0 radical (unpaired) electrons. The fourth-order valence-corrected chi connectivity index (χ4v) is 2.72. The summed E-state index contributed by atoms with van der Waals surface area (Å²) in [6.07, 6.45) is 3.39. The van der Waals surface area contributed by atoms with Gasteiger partial charge < -0.3 is 5.32 Å². The van der Waals surface area contributed by atoms with Gasteiger partial charge in [0.15, 0.2) is 0 Å². The molecule has 2 aromatic rings. The topological polar surface area (TPSA) is 42.0 Å². The molecule has 0 unspecified atom stereocenters. The van der Waals surface area contributed by atoms with Gasteiger partial charge in [0.2, 0.25) is 0 Å². The van der Waals surface area contributed by atoms with E-state index in [0.717, 1.165) is 12.8 Å². The fourth-order valence-electron chi connectivity index (χ4n) is 2.38. The molecule has 4 heteroatoms. The number of hydrogen-bond donors (Lipinski definition) is 1. The van der Waals surface area contributed by atoms with Crippen molar-refractivity contribution >= 4 is 27.7 Å². The van der Waals surface area contributed by atoms with Gasteiger partial charge in [0.25, 0.3) is 5.91 Å². The number of hydrogen-bond acceptors (Lipinski definition) is 2. The Morgan fingerprint density at radius 3 is 2.84 bits per heavy atom. The van der Waals surface area contributed by atoms with Crippen molar-refractivity contribution in [2.75, 3.05) is 5.32 Å². The van der Waals surface area contributed by atoms with E-state index >= 15 is 0 Å². The molecule has 1 aromatic heterocycles. The fraction of sp³-hybridized carbons (Fsp3) is 0.200. The van der Waals surface area contributed by atoms with Gasteiger partial charge in [-0.15, -0.1) is 0 Å². The maximum atomic E-state index is 12.2. The number of pyridine rings is 1. The van der Waals surface area contributed by atoms with Crippen LogP contribution in [0.15, 0.2) is 41.0 Å². The van der Waals surface area contributed by atoms with Crippen molar-refractivity contribution in [3.8, 4) is 0 Å². The molecule has 0 saturated heterocycles. The zero-order chi connectivity index (χ0) is 13.2. The minimum absolute atomic E-state index is 0.111. The van der Waals surface area contributed by atoms with Crippen LogP contribution >= 0.6 is 15.9 Å². The van der Waals surface area contributed by atoms with Crippen LogP contribution in [0, 0.1) is 0 Å². The predicted octanol–water partition coefficient (Wildman–Crippen LogP) is 3.59. The Balaban J connectivity index is 1.81. The second kappa shape index (κ2) is 5.13. The lowest BCUT2D eigenvalue weighted by molar-refractivity contribution is 0.102. The van der Waals surface area contributed by atoms with E-state index in [9.17, 15) is 4.79 Å². The van der Waals surface area contributed by atoms with Crippen LogP contribution in [-0.4, -0.2) is 10.9 Å². The van der Waals surface area contributed by atoms with Crippen molar-refractivity contribution in [1.29, 1.82) is 0 Å². The molecule has 0 aliphatic heterocycles. The molecule has 96 valence electrons. The van der Waals surface area contributed by atoms with Crippen LogP contribution < -0.4 is 5.32 Å². The van der Waals surface area contributed by atoms with Gasteiger partial charge in [-0.2, -0.15) is 0 Å². The molecule has 3 nitrogen and oxygen atoms in total. The van der Waals surface area contributed by atoms with Crippen molar-refractivity contribution < 1.29 is 4.79 Å². The van der Waals surface area contributed by atoms with E-state index in [4.69, 9.17) is 0 Å². The second-order valence-electron chi connectivity index (χ2n) is 4.64. The maximum absolute atomic E-state index is 12.2. The van der Waals surface area contributed by atoms with Crippen molar-refractivity contribution in [1.82, 2.24) is 4.98 Å². The van der Waals surface area contributed by atoms with Crippen LogP contribution in [0.3, 0.4) is 0 Å². The van der Waals surface area contributed by atoms with Gasteiger partial charge in [-0.3, -0.25) is 4.79 Å². The predicted molar refractivity (Wildman–Crippen MR) is 78.4 cm³/mol. The highest BCUT2D eigenvalue weighted by molar-refractivity contribution is 9.10. The molecule has 1 N–H and O–H groups in total. The number of aryl methyl sites for hydroxylation is 2. The number of rotatable bonds is 2. The molecule has 1 heterocycles.